The van der Waals surface area contributed by atoms with Crippen molar-refractivity contribution in [3.8, 4) is 5.75 Å². The average molecular weight is 291 g/mol. The number of ether oxygens (including phenoxy) is 2. The summed E-state index contributed by atoms with van der Waals surface area (Å²) in [5, 5.41) is 2.47. The van der Waals surface area contributed by atoms with E-state index in [1.54, 1.807) is 29.6 Å². The number of thiazole rings is 1. The second-order valence-corrected chi connectivity index (χ2v) is 5.10. The zero-order valence-electron chi connectivity index (χ0n) is 11.1. The average Bonchev–Trinajstić information content (AvgIpc) is 2.87. The minimum Gasteiger partial charge on any atom is -0.469 e. The van der Waals surface area contributed by atoms with Crippen LogP contribution in [0.5, 0.6) is 5.75 Å². The van der Waals surface area contributed by atoms with E-state index in [1.165, 1.54) is 18.4 Å². The van der Waals surface area contributed by atoms with Crippen LogP contribution in [0.2, 0.25) is 0 Å². The molecule has 2 rings (SSSR count). The molecule has 0 radical (unpaired) electrons. The van der Waals surface area contributed by atoms with Crippen molar-refractivity contribution in [3.05, 3.63) is 45.9 Å². The Morgan fingerprint density at radius 1 is 1.25 bits per heavy atom. The summed E-state index contributed by atoms with van der Waals surface area (Å²) in [6.07, 6.45) is 0.190. The van der Waals surface area contributed by atoms with Gasteiger partial charge in [0, 0.05) is 5.38 Å². The second kappa shape index (κ2) is 6.29. The van der Waals surface area contributed by atoms with Crippen LogP contribution in [0.1, 0.15) is 21.1 Å². The molecule has 0 bridgehead atoms. The Balaban J connectivity index is 2.00. The number of aromatic nitrogens is 1. The molecule has 1 heterocycles. The van der Waals surface area contributed by atoms with Crippen molar-refractivity contribution in [2.75, 3.05) is 7.11 Å². The summed E-state index contributed by atoms with van der Waals surface area (Å²) in [7, 11) is 1.34. The van der Waals surface area contributed by atoms with Crippen molar-refractivity contribution >= 4 is 23.3 Å². The van der Waals surface area contributed by atoms with Crippen LogP contribution in [0.3, 0.4) is 0 Å². The molecule has 0 aliphatic rings. The lowest BCUT2D eigenvalue weighted by atomic mass is 10.1. The van der Waals surface area contributed by atoms with Gasteiger partial charge in [0.2, 0.25) is 0 Å². The molecule has 0 aliphatic carbocycles. The van der Waals surface area contributed by atoms with Crippen LogP contribution >= 0.6 is 11.3 Å². The van der Waals surface area contributed by atoms with Crippen LogP contribution in [0.4, 0.5) is 0 Å². The minimum atomic E-state index is -0.491. The molecule has 1 aromatic heterocycles. The van der Waals surface area contributed by atoms with E-state index in [0.29, 0.717) is 11.4 Å². The highest BCUT2D eigenvalue weighted by molar-refractivity contribution is 7.09. The zero-order chi connectivity index (χ0) is 14.5. The lowest BCUT2D eigenvalue weighted by molar-refractivity contribution is -0.139. The first-order valence-corrected chi connectivity index (χ1v) is 6.76. The first-order valence-electron chi connectivity index (χ1n) is 5.88. The predicted octanol–water partition coefficient (Wildman–Crippen LogP) is 2.39. The quantitative estimate of drug-likeness (QED) is 0.639. The third-order valence-corrected chi connectivity index (χ3v) is 3.31. The number of aryl methyl sites for hydroxylation is 1. The third-order valence-electron chi connectivity index (χ3n) is 2.54. The molecule has 20 heavy (non-hydrogen) atoms. The lowest BCUT2D eigenvalue weighted by Gasteiger charge is -2.04. The Labute approximate surface area is 120 Å². The normalized spacial score (nSPS) is 10.1. The first-order chi connectivity index (χ1) is 9.58. The van der Waals surface area contributed by atoms with Gasteiger partial charge in [-0.15, -0.1) is 11.3 Å². The van der Waals surface area contributed by atoms with Crippen molar-refractivity contribution in [2.24, 2.45) is 0 Å². The molecule has 2 aromatic rings. The monoisotopic (exact) mass is 291 g/mol. The van der Waals surface area contributed by atoms with Crippen molar-refractivity contribution in [3.63, 3.8) is 0 Å². The van der Waals surface area contributed by atoms with Crippen LogP contribution < -0.4 is 4.74 Å². The highest BCUT2D eigenvalue weighted by atomic mass is 32.1. The van der Waals surface area contributed by atoms with Gasteiger partial charge < -0.3 is 9.47 Å². The van der Waals surface area contributed by atoms with Crippen molar-refractivity contribution in [2.45, 2.75) is 13.3 Å². The number of methoxy groups -OCH3 is 1. The van der Waals surface area contributed by atoms with Gasteiger partial charge in [-0.05, 0) is 24.6 Å². The molecule has 6 heteroatoms. The number of nitrogens with zero attached hydrogens (tertiary/aromatic N) is 1. The van der Waals surface area contributed by atoms with Crippen molar-refractivity contribution in [1.29, 1.82) is 0 Å². The molecule has 0 aliphatic heterocycles. The summed E-state index contributed by atoms with van der Waals surface area (Å²) >= 11 is 1.39. The molecule has 0 fully saturated rings. The van der Waals surface area contributed by atoms with Gasteiger partial charge in [0.25, 0.3) is 0 Å². The molecule has 0 saturated heterocycles. The van der Waals surface area contributed by atoms with E-state index in [4.69, 9.17) is 4.74 Å². The molecule has 104 valence electrons. The molecule has 5 nitrogen and oxygen atoms in total. The number of hydrogen-bond donors (Lipinski definition) is 0. The molecule has 0 unspecified atom stereocenters. The molecule has 1 aromatic carbocycles. The van der Waals surface area contributed by atoms with Gasteiger partial charge in [-0.25, -0.2) is 9.78 Å². The number of carbonyl (C=O) groups excluding carboxylic acids is 2. The summed E-state index contributed by atoms with van der Waals surface area (Å²) in [6.45, 7) is 1.82. The molecular weight excluding hydrogens is 278 g/mol. The fourth-order valence-corrected chi connectivity index (χ4v) is 2.11. The zero-order valence-corrected chi connectivity index (χ0v) is 11.9. The number of carbonyl (C=O) groups is 2. The standard InChI is InChI=1S/C14H13NO4S/c1-9-15-12(8-20-9)14(17)19-11-5-3-10(4-6-11)7-13(16)18-2/h3-6,8H,7H2,1-2H3. The Hall–Kier alpha value is -2.21. The predicted molar refractivity (Wildman–Crippen MR) is 74.0 cm³/mol. The van der Waals surface area contributed by atoms with E-state index in [-0.39, 0.29) is 12.4 Å². The summed E-state index contributed by atoms with van der Waals surface area (Å²) in [6, 6.07) is 6.70. The number of hydrogen-bond acceptors (Lipinski definition) is 6. The Morgan fingerprint density at radius 2 is 1.95 bits per heavy atom. The SMILES string of the molecule is COC(=O)Cc1ccc(OC(=O)c2csc(C)n2)cc1. The van der Waals surface area contributed by atoms with E-state index in [1.807, 2.05) is 6.92 Å². The first kappa shape index (κ1) is 14.2. The van der Waals surface area contributed by atoms with Crippen LogP contribution in [0.25, 0.3) is 0 Å². The van der Waals surface area contributed by atoms with Crippen molar-refractivity contribution < 1.29 is 19.1 Å². The number of rotatable bonds is 4. The fourth-order valence-electron chi connectivity index (χ4n) is 1.53. The molecule has 0 saturated carbocycles. The maximum absolute atomic E-state index is 11.8. The van der Waals surface area contributed by atoms with Gasteiger partial charge in [-0.2, -0.15) is 0 Å². The summed E-state index contributed by atoms with van der Waals surface area (Å²) in [5.41, 5.74) is 1.09. The summed E-state index contributed by atoms with van der Waals surface area (Å²) < 4.78 is 9.77. The molecule has 0 N–H and O–H groups in total. The van der Waals surface area contributed by atoms with Gasteiger partial charge in [-0.3, -0.25) is 4.79 Å². The van der Waals surface area contributed by atoms with E-state index >= 15 is 0 Å². The van der Waals surface area contributed by atoms with Crippen LogP contribution in [-0.2, 0) is 16.0 Å². The van der Waals surface area contributed by atoms with Crippen molar-refractivity contribution in [1.82, 2.24) is 4.98 Å². The Kier molecular flexibility index (Phi) is 4.47. The van der Waals surface area contributed by atoms with Gasteiger partial charge in [0.15, 0.2) is 5.69 Å². The second-order valence-electron chi connectivity index (χ2n) is 4.04. The minimum absolute atomic E-state index is 0.190. The Bertz CT molecular complexity index is 618. The van der Waals surface area contributed by atoms with Gasteiger partial charge in [0.1, 0.15) is 5.75 Å². The lowest BCUT2D eigenvalue weighted by Crippen LogP contribution is -2.09. The summed E-state index contributed by atoms with van der Waals surface area (Å²) in [4.78, 5) is 27.0. The topological polar surface area (TPSA) is 65.5 Å². The Morgan fingerprint density at radius 3 is 2.50 bits per heavy atom. The van der Waals surface area contributed by atoms with Gasteiger partial charge in [-0.1, -0.05) is 12.1 Å². The number of benzene rings is 1. The molecular formula is C14H13NO4S. The smallest absolute Gasteiger partial charge is 0.363 e. The van der Waals surface area contributed by atoms with Crippen LogP contribution in [0.15, 0.2) is 29.6 Å². The highest BCUT2D eigenvalue weighted by Gasteiger charge is 2.12. The van der Waals surface area contributed by atoms with E-state index in [9.17, 15) is 9.59 Å². The highest BCUT2D eigenvalue weighted by Crippen LogP contribution is 2.16. The molecule has 0 atom stereocenters. The van der Waals surface area contributed by atoms with Gasteiger partial charge in [0.05, 0.1) is 18.5 Å². The maximum Gasteiger partial charge on any atom is 0.363 e. The van der Waals surface area contributed by atoms with Crippen LogP contribution in [0, 0.1) is 6.92 Å². The van der Waals surface area contributed by atoms with Gasteiger partial charge >= 0.3 is 11.9 Å². The molecule has 0 spiro atoms. The summed E-state index contributed by atoms with van der Waals surface area (Å²) in [5.74, 6) is -0.392. The number of esters is 2. The molecule has 0 amide bonds. The largest absolute Gasteiger partial charge is 0.469 e. The third kappa shape index (κ3) is 3.64. The fraction of sp³-hybridized carbons (Fsp3) is 0.214. The maximum atomic E-state index is 11.8. The van der Waals surface area contributed by atoms with E-state index < -0.39 is 5.97 Å². The van der Waals surface area contributed by atoms with E-state index in [2.05, 4.69) is 9.72 Å². The van der Waals surface area contributed by atoms with E-state index in [0.717, 1.165) is 10.6 Å². The van der Waals surface area contributed by atoms with Crippen LogP contribution in [-0.4, -0.2) is 24.0 Å².